The predicted octanol–water partition coefficient (Wildman–Crippen LogP) is 1.66. The number of hydrogen-bond donors (Lipinski definition) is 2. The van der Waals surface area contributed by atoms with Gasteiger partial charge >= 0.3 is 18.0 Å². The summed E-state index contributed by atoms with van der Waals surface area (Å²) in [6.07, 6.45) is 0.454. The van der Waals surface area contributed by atoms with E-state index in [1.165, 1.54) is 18.2 Å². The number of para-hydroxylation sites is 1. The van der Waals surface area contributed by atoms with Crippen LogP contribution in [0.15, 0.2) is 35.5 Å². The van der Waals surface area contributed by atoms with Gasteiger partial charge in [-0.2, -0.15) is 0 Å². The van der Waals surface area contributed by atoms with Gasteiger partial charge in [-0.05, 0) is 25.5 Å². The summed E-state index contributed by atoms with van der Waals surface area (Å²) in [6.45, 7) is 2.75. The first-order valence-electron chi connectivity index (χ1n) is 8.46. The van der Waals surface area contributed by atoms with Crippen molar-refractivity contribution < 1.29 is 33.0 Å². The number of esters is 2. The Labute approximate surface area is 155 Å². The summed E-state index contributed by atoms with van der Waals surface area (Å²) in [7, 11) is 0. The smallest absolute Gasteiger partial charge is 0.344 e. The van der Waals surface area contributed by atoms with E-state index in [1.807, 2.05) is 0 Å². The van der Waals surface area contributed by atoms with Crippen LogP contribution in [0.5, 0.6) is 5.75 Å². The van der Waals surface area contributed by atoms with Crippen LogP contribution in [-0.2, 0) is 19.1 Å². The molecule has 0 fully saturated rings. The van der Waals surface area contributed by atoms with Crippen LogP contribution in [0, 0.1) is 5.82 Å². The molecule has 1 heterocycles. The topological polar surface area (TPSA) is 103 Å². The third-order valence-electron chi connectivity index (χ3n) is 3.71. The van der Waals surface area contributed by atoms with Gasteiger partial charge in [0.2, 0.25) is 0 Å². The maximum absolute atomic E-state index is 13.5. The fraction of sp³-hybridized carbons (Fsp3) is 0.389. The second kappa shape index (κ2) is 9.56. The third kappa shape index (κ3) is 5.44. The van der Waals surface area contributed by atoms with Gasteiger partial charge in [0, 0.05) is 0 Å². The van der Waals surface area contributed by atoms with E-state index in [0.29, 0.717) is 6.42 Å². The average molecular weight is 380 g/mol. The Balaban J connectivity index is 2.03. The van der Waals surface area contributed by atoms with Gasteiger partial charge in [0.15, 0.2) is 18.2 Å². The molecular formula is C18H21FN2O6. The van der Waals surface area contributed by atoms with Crippen molar-refractivity contribution >= 4 is 18.0 Å². The minimum absolute atomic E-state index is 0.0814. The van der Waals surface area contributed by atoms with Crippen LogP contribution in [0.4, 0.5) is 9.18 Å². The van der Waals surface area contributed by atoms with Crippen molar-refractivity contribution in [1.82, 2.24) is 10.6 Å². The van der Waals surface area contributed by atoms with E-state index in [1.54, 1.807) is 19.9 Å². The number of nitrogens with one attached hydrogen (secondary N) is 2. The predicted molar refractivity (Wildman–Crippen MR) is 92.3 cm³/mol. The SMILES string of the molecule is CCOC(=O)C1=C(COC(=O)COc2ccccc2F)NC(=O)N[C@@H]1CC. The second-order valence-electron chi connectivity index (χ2n) is 5.55. The molecule has 0 spiro atoms. The first kappa shape index (κ1) is 20.2. The van der Waals surface area contributed by atoms with Crippen LogP contribution in [0.2, 0.25) is 0 Å². The number of ether oxygens (including phenoxy) is 3. The molecule has 0 unspecified atom stereocenters. The molecule has 2 amide bonds. The van der Waals surface area contributed by atoms with Gasteiger partial charge in [0.25, 0.3) is 0 Å². The highest BCUT2D eigenvalue weighted by molar-refractivity contribution is 5.94. The number of benzene rings is 1. The molecule has 0 aromatic heterocycles. The molecule has 1 aromatic rings. The van der Waals surface area contributed by atoms with Gasteiger partial charge in [0.1, 0.15) is 6.61 Å². The van der Waals surface area contributed by atoms with E-state index < -0.39 is 36.4 Å². The number of urea groups is 1. The Morgan fingerprint density at radius 3 is 2.59 bits per heavy atom. The molecule has 8 nitrogen and oxygen atoms in total. The van der Waals surface area contributed by atoms with Gasteiger partial charge in [0.05, 0.1) is 23.9 Å². The number of carbonyl (C=O) groups excluding carboxylic acids is 3. The van der Waals surface area contributed by atoms with Crippen molar-refractivity contribution in [1.29, 1.82) is 0 Å². The molecule has 0 radical (unpaired) electrons. The maximum Gasteiger partial charge on any atom is 0.344 e. The first-order valence-corrected chi connectivity index (χ1v) is 8.46. The number of halogens is 1. The van der Waals surface area contributed by atoms with E-state index in [2.05, 4.69) is 10.6 Å². The summed E-state index contributed by atoms with van der Waals surface area (Å²) in [6, 6.07) is 4.57. The molecule has 1 aliphatic heterocycles. The van der Waals surface area contributed by atoms with Gasteiger partial charge < -0.3 is 24.8 Å². The number of rotatable bonds is 8. The van der Waals surface area contributed by atoms with Gasteiger partial charge in [-0.25, -0.2) is 18.8 Å². The molecule has 2 rings (SSSR count). The van der Waals surface area contributed by atoms with Crippen molar-refractivity contribution in [3.63, 3.8) is 0 Å². The normalized spacial score (nSPS) is 16.3. The number of amides is 2. The summed E-state index contributed by atoms with van der Waals surface area (Å²) in [5, 5.41) is 5.07. The van der Waals surface area contributed by atoms with Crippen molar-refractivity contribution in [2.24, 2.45) is 0 Å². The van der Waals surface area contributed by atoms with Crippen LogP contribution in [0.25, 0.3) is 0 Å². The summed E-state index contributed by atoms with van der Waals surface area (Å²) in [5.74, 6) is -2.07. The minimum Gasteiger partial charge on any atom is -0.479 e. The fourth-order valence-electron chi connectivity index (χ4n) is 2.47. The fourth-order valence-corrected chi connectivity index (χ4v) is 2.47. The molecule has 0 bridgehead atoms. The molecule has 0 aliphatic carbocycles. The molecule has 146 valence electrons. The van der Waals surface area contributed by atoms with Gasteiger partial charge in [-0.1, -0.05) is 19.1 Å². The van der Waals surface area contributed by atoms with Crippen molar-refractivity contribution in [2.75, 3.05) is 19.8 Å². The number of hydrogen-bond acceptors (Lipinski definition) is 6. The molecule has 9 heteroatoms. The van der Waals surface area contributed by atoms with Crippen LogP contribution in [0.1, 0.15) is 20.3 Å². The van der Waals surface area contributed by atoms with Gasteiger partial charge in [-0.3, -0.25) is 0 Å². The lowest BCUT2D eigenvalue weighted by atomic mass is 10.0. The lowest BCUT2D eigenvalue weighted by molar-refractivity contribution is -0.145. The molecule has 27 heavy (non-hydrogen) atoms. The molecular weight excluding hydrogens is 359 g/mol. The summed E-state index contributed by atoms with van der Waals surface area (Å²) < 4.78 is 28.6. The lowest BCUT2D eigenvalue weighted by Crippen LogP contribution is -2.51. The van der Waals surface area contributed by atoms with E-state index >= 15 is 0 Å². The molecule has 1 atom stereocenters. The molecule has 0 saturated carbocycles. The lowest BCUT2D eigenvalue weighted by Gasteiger charge is -2.28. The highest BCUT2D eigenvalue weighted by Gasteiger charge is 2.32. The van der Waals surface area contributed by atoms with Crippen LogP contribution < -0.4 is 15.4 Å². The van der Waals surface area contributed by atoms with E-state index in [9.17, 15) is 18.8 Å². The zero-order valence-corrected chi connectivity index (χ0v) is 15.0. The van der Waals surface area contributed by atoms with E-state index in [4.69, 9.17) is 14.2 Å². The summed E-state index contributed by atoms with van der Waals surface area (Å²) in [5.41, 5.74) is 0.338. The second-order valence-corrected chi connectivity index (χ2v) is 5.55. The van der Waals surface area contributed by atoms with Crippen molar-refractivity contribution in [2.45, 2.75) is 26.3 Å². The molecule has 0 saturated heterocycles. The first-order chi connectivity index (χ1) is 13.0. The summed E-state index contributed by atoms with van der Waals surface area (Å²) in [4.78, 5) is 35.8. The quantitative estimate of drug-likeness (QED) is 0.665. The third-order valence-corrected chi connectivity index (χ3v) is 3.71. The van der Waals surface area contributed by atoms with Crippen molar-refractivity contribution in [3.8, 4) is 5.75 Å². The average Bonchev–Trinajstić information content (AvgIpc) is 2.65. The molecule has 2 N–H and O–H groups in total. The van der Waals surface area contributed by atoms with Crippen molar-refractivity contribution in [3.05, 3.63) is 41.4 Å². The standard InChI is InChI=1S/C18H21FN2O6/c1-3-12-16(17(23)25-4-2)13(21-18(24)20-12)9-27-15(22)10-26-14-8-6-5-7-11(14)19/h5-8,12H,3-4,9-10H2,1-2H3,(H2,20,21,24)/t12-/m1/s1. The number of carbonyl (C=O) groups is 3. The zero-order valence-electron chi connectivity index (χ0n) is 15.0. The van der Waals surface area contributed by atoms with Crippen LogP contribution >= 0.6 is 0 Å². The highest BCUT2D eigenvalue weighted by Crippen LogP contribution is 2.18. The summed E-state index contributed by atoms with van der Waals surface area (Å²) >= 11 is 0. The van der Waals surface area contributed by atoms with Crippen LogP contribution in [0.3, 0.4) is 0 Å². The Bertz CT molecular complexity index is 749. The molecule has 1 aromatic carbocycles. The zero-order chi connectivity index (χ0) is 19.8. The minimum atomic E-state index is -0.783. The molecule has 1 aliphatic rings. The van der Waals surface area contributed by atoms with E-state index in [-0.39, 0.29) is 30.2 Å². The Morgan fingerprint density at radius 2 is 1.93 bits per heavy atom. The van der Waals surface area contributed by atoms with Gasteiger partial charge in [-0.15, -0.1) is 0 Å². The Kier molecular flexibility index (Phi) is 7.16. The Morgan fingerprint density at radius 1 is 1.19 bits per heavy atom. The maximum atomic E-state index is 13.5. The Hall–Kier alpha value is -3.10. The van der Waals surface area contributed by atoms with E-state index in [0.717, 1.165) is 0 Å². The van der Waals surface area contributed by atoms with Crippen LogP contribution in [-0.4, -0.2) is 43.8 Å². The monoisotopic (exact) mass is 380 g/mol. The largest absolute Gasteiger partial charge is 0.479 e. The highest BCUT2D eigenvalue weighted by atomic mass is 19.1.